The first-order valence-electron chi connectivity index (χ1n) is 5.38. The molecule has 2 unspecified atom stereocenters. The van der Waals surface area contributed by atoms with Gasteiger partial charge in [0.05, 0.1) is 0 Å². The van der Waals surface area contributed by atoms with Crippen molar-refractivity contribution >= 4 is 0 Å². The summed E-state index contributed by atoms with van der Waals surface area (Å²) in [5.41, 5.74) is 3.14. The van der Waals surface area contributed by atoms with Crippen LogP contribution in [0, 0.1) is 0 Å². The average molecular weight is 176 g/mol. The molecule has 0 nitrogen and oxygen atoms in total. The summed E-state index contributed by atoms with van der Waals surface area (Å²) >= 11 is 0. The molecule has 0 radical (unpaired) electrons. The Labute approximate surface area is 82.0 Å². The topological polar surface area (TPSA) is 0 Å². The van der Waals surface area contributed by atoms with Gasteiger partial charge in [0.25, 0.3) is 0 Å². The minimum atomic E-state index is 0.779. The minimum Gasteiger partial charge on any atom is -0.0683 e. The van der Waals surface area contributed by atoms with Crippen LogP contribution in [0.4, 0.5) is 0 Å². The molecule has 0 N–H and O–H groups in total. The van der Waals surface area contributed by atoms with Gasteiger partial charge in [0, 0.05) is 0 Å². The van der Waals surface area contributed by atoms with Crippen LogP contribution in [0.1, 0.15) is 57.1 Å². The van der Waals surface area contributed by atoms with Crippen molar-refractivity contribution in [3.63, 3.8) is 0 Å². The Kier molecular flexibility index (Phi) is 3.53. The monoisotopic (exact) mass is 176 g/mol. The van der Waals surface area contributed by atoms with E-state index in [4.69, 9.17) is 0 Å². The molecule has 1 aromatic carbocycles. The Morgan fingerprint density at radius 1 is 0.923 bits per heavy atom. The molecule has 0 fully saturated rings. The van der Waals surface area contributed by atoms with E-state index in [1.165, 1.54) is 6.42 Å². The fourth-order valence-electron chi connectivity index (χ4n) is 2.19. The van der Waals surface area contributed by atoms with Gasteiger partial charge in [-0.1, -0.05) is 52.0 Å². The molecule has 0 amide bonds. The summed E-state index contributed by atoms with van der Waals surface area (Å²) in [6, 6.07) is 8.83. The normalized spacial score (nSPS) is 24.6. The molecule has 0 saturated heterocycles. The van der Waals surface area contributed by atoms with Crippen molar-refractivity contribution in [3.8, 4) is 0 Å². The molecule has 0 aliphatic heterocycles. The molecule has 0 saturated carbocycles. The first-order chi connectivity index (χ1) is 6.29. The summed E-state index contributed by atoms with van der Waals surface area (Å²) in [7, 11) is 0. The van der Waals surface area contributed by atoms with Gasteiger partial charge in [-0.05, 0) is 29.4 Å². The molecule has 0 heterocycles. The Morgan fingerprint density at radius 3 is 1.69 bits per heavy atom. The van der Waals surface area contributed by atoms with Crippen LogP contribution in [0.3, 0.4) is 0 Å². The Bertz CT molecular complexity index is 235. The summed E-state index contributed by atoms with van der Waals surface area (Å²) in [6.45, 7) is 8.64. The van der Waals surface area contributed by atoms with Crippen LogP contribution in [-0.2, 0) is 0 Å². The van der Waals surface area contributed by atoms with E-state index < -0.39 is 0 Å². The highest BCUT2D eigenvalue weighted by atomic mass is 14.3. The number of hydrogen-bond acceptors (Lipinski definition) is 0. The Hall–Kier alpha value is -0.780. The molecule has 0 heteroatoms. The van der Waals surface area contributed by atoms with Crippen LogP contribution in [-0.4, -0.2) is 0 Å². The highest BCUT2D eigenvalue weighted by Gasteiger charge is 2.23. The zero-order valence-corrected chi connectivity index (χ0v) is 9.17. The van der Waals surface area contributed by atoms with Gasteiger partial charge in [-0.25, -0.2) is 0 Å². The van der Waals surface area contributed by atoms with Crippen LogP contribution in [0.25, 0.3) is 0 Å². The van der Waals surface area contributed by atoms with E-state index in [0.717, 1.165) is 11.8 Å². The zero-order chi connectivity index (χ0) is 9.84. The second kappa shape index (κ2) is 4.45. The van der Waals surface area contributed by atoms with Crippen molar-refractivity contribution in [2.24, 2.45) is 0 Å². The second-order valence-electron chi connectivity index (χ2n) is 3.67. The van der Waals surface area contributed by atoms with Crippen LogP contribution in [0.5, 0.6) is 0 Å². The molecular weight excluding hydrogens is 156 g/mol. The molecule has 0 spiro atoms. The number of fused-ring (bicyclic) bond motifs is 1. The Balaban J connectivity index is 0.000000396. The first-order valence-corrected chi connectivity index (χ1v) is 5.38. The molecular formula is C13H20. The summed E-state index contributed by atoms with van der Waals surface area (Å²) in [5.74, 6) is 1.56. The molecule has 2 atom stereocenters. The molecule has 2 rings (SSSR count). The van der Waals surface area contributed by atoms with Gasteiger partial charge >= 0.3 is 0 Å². The lowest BCUT2D eigenvalue weighted by atomic mass is 10.0. The largest absolute Gasteiger partial charge is 0.0683 e. The van der Waals surface area contributed by atoms with E-state index in [0.29, 0.717) is 0 Å². The van der Waals surface area contributed by atoms with E-state index in [1.54, 1.807) is 11.1 Å². The second-order valence-corrected chi connectivity index (χ2v) is 3.67. The molecule has 1 aliphatic carbocycles. The molecule has 1 aromatic rings. The predicted octanol–water partition coefficient (Wildman–Crippen LogP) is 4.32. The van der Waals surface area contributed by atoms with Gasteiger partial charge in [-0.3, -0.25) is 0 Å². The SMILES string of the molecule is CC.CC1CC(C)c2ccccc21. The van der Waals surface area contributed by atoms with Gasteiger partial charge in [-0.2, -0.15) is 0 Å². The van der Waals surface area contributed by atoms with Crippen molar-refractivity contribution < 1.29 is 0 Å². The number of rotatable bonds is 0. The molecule has 1 aliphatic rings. The maximum atomic E-state index is 2.32. The van der Waals surface area contributed by atoms with E-state index in [-0.39, 0.29) is 0 Å². The van der Waals surface area contributed by atoms with Gasteiger partial charge in [-0.15, -0.1) is 0 Å². The van der Waals surface area contributed by atoms with Crippen LogP contribution in [0.15, 0.2) is 24.3 Å². The number of benzene rings is 1. The maximum absolute atomic E-state index is 2.32. The third kappa shape index (κ3) is 1.93. The quantitative estimate of drug-likeness (QED) is 0.552. The lowest BCUT2D eigenvalue weighted by molar-refractivity contribution is 0.661. The first kappa shape index (κ1) is 10.3. The van der Waals surface area contributed by atoms with Crippen molar-refractivity contribution in [1.82, 2.24) is 0 Å². The lowest BCUT2D eigenvalue weighted by Crippen LogP contribution is -1.84. The van der Waals surface area contributed by atoms with Gasteiger partial charge in [0.2, 0.25) is 0 Å². The lowest BCUT2D eigenvalue weighted by Gasteiger charge is -2.02. The van der Waals surface area contributed by atoms with E-state index in [2.05, 4.69) is 38.1 Å². The van der Waals surface area contributed by atoms with Crippen molar-refractivity contribution in [2.75, 3.05) is 0 Å². The smallest absolute Gasteiger partial charge is 0.0182 e. The summed E-state index contributed by atoms with van der Waals surface area (Å²) in [6.07, 6.45) is 1.33. The highest BCUT2D eigenvalue weighted by Crippen LogP contribution is 2.40. The zero-order valence-electron chi connectivity index (χ0n) is 9.17. The van der Waals surface area contributed by atoms with Crippen LogP contribution < -0.4 is 0 Å². The standard InChI is InChI=1S/C11H14.C2H6/c1-8-7-9(2)11-6-4-3-5-10(8)11;1-2/h3-6,8-9H,7H2,1-2H3;1-2H3. The molecule has 0 aromatic heterocycles. The summed E-state index contributed by atoms with van der Waals surface area (Å²) < 4.78 is 0. The minimum absolute atomic E-state index is 0.779. The van der Waals surface area contributed by atoms with Crippen LogP contribution >= 0.6 is 0 Å². The molecule has 13 heavy (non-hydrogen) atoms. The highest BCUT2D eigenvalue weighted by molar-refractivity contribution is 5.37. The summed E-state index contributed by atoms with van der Waals surface area (Å²) in [4.78, 5) is 0. The number of hydrogen-bond donors (Lipinski definition) is 0. The van der Waals surface area contributed by atoms with E-state index in [1.807, 2.05) is 13.8 Å². The van der Waals surface area contributed by atoms with Crippen molar-refractivity contribution in [3.05, 3.63) is 35.4 Å². The predicted molar refractivity (Wildman–Crippen MR) is 59.2 cm³/mol. The van der Waals surface area contributed by atoms with E-state index in [9.17, 15) is 0 Å². The fourth-order valence-corrected chi connectivity index (χ4v) is 2.19. The van der Waals surface area contributed by atoms with Gasteiger partial charge in [0.1, 0.15) is 0 Å². The van der Waals surface area contributed by atoms with Crippen molar-refractivity contribution in [1.29, 1.82) is 0 Å². The van der Waals surface area contributed by atoms with Gasteiger partial charge < -0.3 is 0 Å². The summed E-state index contributed by atoms with van der Waals surface area (Å²) in [5, 5.41) is 0. The van der Waals surface area contributed by atoms with Crippen LogP contribution in [0.2, 0.25) is 0 Å². The van der Waals surface area contributed by atoms with Crippen molar-refractivity contribution in [2.45, 2.75) is 46.0 Å². The molecule has 72 valence electrons. The average Bonchev–Trinajstić information content (AvgIpc) is 2.47. The third-order valence-corrected chi connectivity index (χ3v) is 2.76. The maximum Gasteiger partial charge on any atom is -0.0182 e. The third-order valence-electron chi connectivity index (χ3n) is 2.76. The van der Waals surface area contributed by atoms with Gasteiger partial charge in [0.15, 0.2) is 0 Å². The Morgan fingerprint density at radius 2 is 1.31 bits per heavy atom. The molecule has 0 bridgehead atoms. The van der Waals surface area contributed by atoms with E-state index >= 15 is 0 Å². The fraction of sp³-hybridized carbons (Fsp3) is 0.538.